The van der Waals surface area contributed by atoms with Crippen LogP contribution in [0.5, 0.6) is 0 Å². The van der Waals surface area contributed by atoms with Gasteiger partial charge in [-0.05, 0) is 30.7 Å². The van der Waals surface area contributed by atoms with Crippen molar-refractivity contribution >= 4 is 17.5 Å². The molecule has 1 saturated heterocycles. The van der Waals surface area contributed by atoms with Crippen LogP contribution in [-0.2, 0) is 30.4 Å². The predicted molar refractivity (Wildman–Crippen MR) is 116 cm³/mol. The number of halogens is 3. The molecule has 4 rings (SSSR count). The second kappa shape index (κ2) is 9.05. The second-order valence-electron chi connectivity index (χ2n) is 8.26. The molecule has 8 nitrogen and oxygen atoms in total. The number of benzene rings is 1. The summed E-state index contributed by atoms with van der Waals surface area (Å²) in [5.41, 5.74) is 6.90. The summed E-state index contributed by atoms with van der Waals surface area (Å²) in [6, 6.07) is 2.94. The number of ether oxygens (including phenoxy) is 1. The lowest BCUT2D eigenvalue weighted by Gasteiger charge is -2.30. The van der Waals surface area contributed by atoms with Crippen molar-refractivity contribution in [1.29, 1.82) is 0 Å². The van der Waals surface area contributed by atoms with E-state index in [1.54, 1.807) is 16.7 Å². The minimum absolute atomic E-state index is 0.0397. The minimum atomic E-state index is -4.49. The Hall–Kier alpha value is -3.08. The lowest BCUT2D eigenvalue weighted by atomic mass is 10.0. The molecule has 2 aromatic rings. The number of nitrogens with one attached hydrogen (secondary N) is 1. The van der Waals surface area contributed by atoms with E-state index in [1.165, 1.54) is 6.07 Å². The van der Waals surface area contributed by atoms with E-state index in [4.69, 9.17) is 10.5 Å². The Morgan fingerprint density at radius 2 is 1.91 bits per heavy atom. The zero-order valence-electron chi connectivity index (χ0n) is 18.6. The molecular formula is C22H27F3N6O2. The van der Waals surface area contributed by atoms with Crippen LogP contribution in [-0.4, -0.2) is 52.1 Å². The number of anilines is 2. The maximum absolute atomic E-state index is 13.2. The number of hydrogen-bond donors (Lipinski definition) is 2. The largest absolute Gasteiger partial charge is 0.416 e. The van der Waals surface area contributed by atoms with E-state index < -0.39 is 17.8 Å². The van der Waals surface area contributed by atoms with Crippen molar-refractivity contribution in [2.75, 3.05) is 37.4 Å². The van der Waals surface area contributed by atoms with Gasteiger partial charge in [-0.1, -0.05) is 6.92 Å². The fourth-order valence-corrected chi connectivity index (χ4v) is 4.05. The Balaban J connectivity index is 1.58. The maximum atomic E-state index is 13.2. The van der Waals surface area contributed by atoms with Gasteiger partial charge in [-0.3, -0.25) is 0 Å². The van der Waals surface area contributed by atoms with Crippen LogP contribution in [0.25, 0.3) is 0 Å². The predicted octanol–water partition coefficient (Wildman–Crippen LogP) is 3.58. The van der Waals surface area contributed by atoms with Gasteiger partial charge in [0.2, 0.25) is 0 Å². The molecular weight excluding hydrogens is 437 g/mol. The molecule has 1 atom stereocenters. The number of hydrogen-bond acceptors (Lipinski definition) is 6. The minimum Gasteiger partial charge on any atom is -0.399 e. The van der Waals surface area contributed by atoms with Crippen molar-refractivity contribution in [2.45, 2.75) is 45.6 Å². The van der Waals surface area contributed by atoms with E-state index in [2.05, 4.69) is 15.3 Å². The van der Waals surface area contributed by atoms with Crippen molar-refractivity contribution in [2.24, 2.45) is 0 Å². The summed E-state index contributed by atoms with van der Waals surface area (Å²) in [5.74, 6) is 1.13. The highest BCUT2D eigenvalue weighted by Crippen LogP contribution is 2.34. The van der Waals surface area contributed by atoms with Gasteiger partial charge in [0.25, 0.3) is 0 Å². The number of urea groups is 1. The molecule has 0 spiro atoms. The quantitative estimate of drug-likeness (QED) is 0.672. The molecule has 0 radical (unpaired) electrons. The van der Waals surface area contributed by atoms with Crippen molar-refractivity contribution in [3.05, 3.63) is 46.4 Å². The topological polar surface area (TPSA) is 96.6 Å². The van der Waals surface area contributed by atoms with Crippen LogP contribution in [0.15, 0.2) is 18.2 Å². The van der Waals surface area contributed by atoms with Gasteiger partial charge in [0, 0.05) is 30.8 Å². The monoisotopic (exact) mass is 464 g/mol. The lowest BCUT2D eigenvalue weighted by molar-refractivity contribution is -0.137. The molecule has 2 amide bonds. The first kappa shape index (κ1) is 23.1. The normalized spacial score (nSPS) is 17.1. The van der Waals surface area contributed by atoms with Crippen molar-refractivity contribution in [3.8, 4) is 0 Å². The lowest BCUT2D eigenvalue weighted by Crippen LogP contribution is -2.46. The molecule has 0 saturated carbocycles. The number of alkyl halides is 3. The summed E-state index contributed by atoms with van der Waals surface area (Å²) in [7, 11) is 0. The summed E-state index contributed by atoms with van der Waals surface area (Å²) in [4.78, 5) is 25.6. The standard InChI is InChI=1S/C22H27F3N6O2/c1-3-19-28-18-12-31(21(32)30-4-6-33-7-5-30)11-17(18)20(29-19)27-13(2)14-8-15(22(23,24)25)10-16(26)9-14/h8-10,13H,3-7,11-12,26H2,1-2H3,(H,27,28,29)/t13-/m1/s1. The molecule has 1 aromatic heterocycles. The number of nitrogens with zero attached hydrogens (tertiary/aromatic N) is 4. The van der Waals surface area contributed by atoms with Crippen LogP contribution in [0.3, 0.4) is 0 Å². The van der Waals surface area contributed by atoms with Gasteiger partial charge in [-0.2, -0.15) is 13.2 Å². The van der Waals surface area contributed by atoms with Crippen molar-refractivity contribution in [1.82, 2.24) is 19.8 Å². The van der Waals surface area contributed by atoms with Crippen LogP contribution in [0, 0.1) is 0 Å². The van der Waals surface area contributed by atoms with E-state index in [-0.39, 0.29) is 11.7 Å². The third kappa shape index (κ3) is 4.97. The molecule has 0 unspecified atom stereocenters. The summed E-state index contributed by atoms with van der Waals surface area (Å²) < 4.78 is 45.1. The first-order valence-corrected chi connectivity index (χ1v) is 10.9. The molecule has 3 N–H and O–H groups in total. The maximum Gasteiger partial charge on any atom is 0.416 e. The Morgan fingerprint density at radius 1 is 1.18 bits per heavy atom. The number of rotatable bonds is 4. The summed E-state index contributed by atoms with van der Waals surface area (Å²) in [5, 5.41) is 3.23. The number of nitrogen functional groups attached to an aromatic ring is 1. The molecule has 0 bridgehead atoms. The summed E-state index contributed by atoms with van der Waals surface area (Å²) in [6.45, 7) is 6.46. The van der Waals surface area contributed by atoms with Gasteiger partial charge in [0.1, 0.15) is 11.6 Å². The van der Waals surface area contributed by atoms with Crippen LogP contribution < -0.4 is 11.1 Å². The first-order chi connectivity index (χ1) is 15.7. The van der Waals surface area contributed by atoms with E-state index in [0.29, 0.717) is 63.0 Å². The zero-order valence-corrected chi connectivity index (χ0v) is 18.6. The molecule has 33 heavy (non-hydrogen) atoms. The number of carbonyl (C=O) groups is 1. The number of aromatic nitrogens is 2. The van der Waals surface area contributed by atoms with Crippen molar-refractivity contribution in [3.63, 3.8) is 0 Å². The fourth-order valence-electron chi connectivity index (χ4n) is 4.05. The van der Waals surface area contributed by atoms with Gasteiger partial charge in [-0.15, -0.1) is 0 Å². The van der Waals surface area contributed by atoms with Gasteiger partial charge in [0.05, 0.1) is 43.6 Å². The molecule has 178 valence electrons. The molecule has 11 heteroatoms. The van der Waals surface area contributed by atoms with Crippen LogP contribution >= 0.6 is 0 Å². The molecule has 3 heterocycles. The Labute approximate surface area is 189 Å². The number of morpholine rings is 1. The van der Waals surface area contributed by atoms with Crippen molar-refractivity contribution < 1.29 is 22.7 Å². The first-order valence-electron chi connectivity index (χ1n) is 10.9. The highest BCUT2D eigenvalue weighted by Gasteiger charge is 2.33. The third-order valence-electron chi connectivity index (χ3n) is 5.86. The number of carbonyl (C=O) groups excluding carboxylic acids is 1. The Morgan fingerprint density at radius 3 is 2.58 bits per heavy atom. The van der Waals surface area contributed by atoms with E-state index in [9.17, 15) is 18.0 Å². The summed E-state index contributed by atoms with van der Waals surface area (Å²) >= 11 is 0. The third-order valence-corrected chi connectivity index (χ3v) is 5.86. The van der Waals surface area contributed by atoms with Crippen LogP contribution in [0.4, 0.5) is 29.5 Å². The van der Waals surface area contributed by atoms with Gasteiger partial charge in [-0.25, -0.2) is 14.8 Å². The second-order valence-corrected chi connectivity index (χ2v) is 8.26. The Bertz CT molecular complexity index is 1040. The smallest absolute Gasteiger partial charge is 0.399 e. The molecule has 1 fully saturated rings. The highest BCUT2D eigenvalue weighted by molar-refractivity contribution is 5.76. The number of amides is 2. The number of aryl methyl sites for hydroxylation is 1. The van der Waals surface area contributed by atoms with Gasteiger partial charge in [0.15, 0.2) is 0 Å². The summed E-state index contributed by atoms with van der Waals surface area (Å²) in [6.07, 6.45) is -3.90. The number of nitrogens with two attached hydrogens (primary N) is 1. The zero-order chi connectivity index (χ0) is 23.8. The SMILES string of the molecule is CCc1nc2c(c(N[C@H](C)c3cc(N)cc(C(F)(F)F)c3)n1)CN(C(=O)N1CCOCC1)C2. The molecule has 0 aliphatic carbocycles. The molecule has 1 aromatic carbocycles. The van der Waals surface area contributed by atoms with E-state index in [1.807, 2.05) is 6.92 Å². The van der Waals surface area contributed by atoms with Crippen LogP contribution in [0.2, 0.25) is 0 Å². The van der Waals surface area contributed by atoms with E-state index >= 15 is 0 Å². The highest BCUT2D eigenvalue weighted by atomic mass is 19.4. The van der Waals surface area contributed by atoms with E-state index in [0.717, 1.165) is 23.4 Å². The fraction of sp³-hybridized carbons (Fsp3) is 0.500. The number of fused-ring (bicyclic) bond motifs is 1. The molecule has 2 aliphatic heterocycles. The van der Waals surface area contributed by atoms with Gasteiger partial charge >= 0.3 is 12.2 Å². The average molecular weight is 464 g/mol. The molecule has 2 aliphatic rings. The Kier molecular flexibility index (Phi) is 6.33. The van der Waals surface area contributed by atoms with Gasteiger partial charge < -0.3 is 25.6 Å². The van der Waals surface area contributed by atoms with Crippen LogP contribution in [0.1, 0.15) is 48.1 Å². The average Bonchev–Trinajstić information content (AvgIpc) is 3.22.